The number of methoxy groups -OCH3 is 1. The van der Waals surface area contributed by atoms with Crippen molar-refractivity contribution in [3.63, 3.8) is 0 Å². The Balaban J connectivity index is 2.03. The van der Waals surface area contributed by atoms with E-state index in [-0.39, 0.29) is 18.8 Å². The lowest BCUT2D eigenvalue weighted by atomic mass is 10.0. The topological polar surface area (TPSA) is 79.3 Å². The largest absolute Gasteiger partial charge is 0.497 e. The predicted molar refractivity (Wildman–Crippen MR) is 114 cm³/mol. The number of aliphatic hydroxyl groups is 1. The minimum atomic E-state index is -0.439. The first-order chi connectivity index (χ1) is 14.5. The molecule has 1 aliphatic rings. The van der Waals surface area contributed by atoms with E-state index < -0.39 is 11.8 Å². The summed E-state index contributed by atoms with van der Waals surface area (Å²) in [5.74, 6) is 0.387. The number of nitrogens with zero attached hydrogens (tertiary/aromatic N) is 2. The Morgan fingerprint density at radius 1 is 1.03 bits per heavy atom. The SMILES string of the molecule is CCCOc1ccc(C2=C(N(C)CCO)C(=O)N(c3cccc(OC)c3)C2=O)cc1. The Hall–Kier alpha value is -3.32. The van der Waals surface area contributed by atoms with Crippen molar-refractivity contribution in [2.24, 2.45) is 0 Å². The smallest absolute Gasteiger partial charge is 0.282 e. The van der Waals surface area contributed by atoms with Gasteiger partial charge in [-0.1, -0.05) is 25.1 Å². The van der Waals surface area contributed by atoms with Crippen molar-refractivity contribution < 1.29 is 24.2 Å². The van der Waals surface area contributed by atoms with Crippen LogP contribution in [0.25, 0.3) is 5.57 Å². The standard InChI is InChI=1S/C23H26N2O5/c1-4-14-30-18-10-8-16(9-11-18)20-21(24(2)12-13-26)23(28)25(22(20)27)17-6-5-7-19(15-17)29-3/h5-11,15,26H,4,12-14H2,1-3H3. The number of carbonyl (C=O) groups is 2. The van der Waals surface area contributed by atoms with Crippen LogP contribution in [0.15, 0.2) is 54.2 Å². The minimum absolute atomic E-state index is 0.141. The monoisotopic (exact) mass is 410 g/mol. The van der Waals surface area contributed by atoms with Crippen LogP contribution in [0.2, 0.25) is 0 Å². The molecule has 0 unspecified atom stereocenters. The molecule has 0 atom stereocenters. The first-order valence-corrected chi connectivity index (χ1v) is 9.84. The van der Waals surface area contributed by atoms with Gasteiger partial charge in [0.25, 0.3) is 11.8 Å². The van der Waals surface area contributed by atoms with Crippen molar-refractivity contribution in [3.8, 4) is 11.5 Å². The van der Waals surface area contributed by atoms with Gasteiger partial charge in [-0.05, 0) is 36.2 Å². The summed E-state index contributed by atoms with van der Waals surface area (Å²) in [5.41, 5.74) is 1.58. The lowest BCUT2D eigenvalue weighted by Gasteiger charge is -2.20. The molecular weight excluding hydrogens is 384 g/mol. The molecule has 2 aromatic rings. The summed E-state index contributed by atoms with van der Waals surface area (Å²) in [7, 11) is 3.21. The van der Waals surface area contributed by atoms with E-state index in [0.29, 0.717) is 34.9 Å². The number of benzene rings is 2. The number of hydrogen-bond donors (Lipinski definition) is 1. The van der Waals surface area contributed by atoms with E-state index in [1.54, 1.807) is 60.5 Å². The highest BCUT2D eigenvalue weighted by molar-refractivity contribution is 6.45. The minimum Gasteiger partial charge on any atom is -0.497 e. The molecule has 2 aromatic carbocycles. The summed E-state index contributed by atoms with van der Waals surface area (Å²) in [5, 5.41) is 9.37. The Kier molecular flexibility index (Phi) is 6.74. The Bertz CT molecular complexity index is 952. The predicted octanol–water partition coefficient (Wildman–Crippen LogP) is 2.69. The number of carbonyl (C=O) groups excluding carboxylic acids is 2. The van der Waals surface area contributed by atoms with Gasteiger partial charge < -0.3 is 19.5 Å². The highest BCUT2D eigenvalue weighted by Gasteiger charge is 2.41. The maximum absolute atomic E-state index is 13.4. The van der Waals surface area contributed by atoms with Gasteiger partial charge in [0.05, 0.1) is 31.6 Å². The first kappa shape index (κ1) is 21.4. The fourth-order valence-corrected chi connectivity index (χ4v) is 3.32. The van der Waals surface area contributed by atoms with Crippen LogP contribution in [0, 0.1) is 0 Å². The molecule has 0 bridgehead atoms. The second-order valence-corrected chi connectivity index (χ2v) is 6.89. The third-order valence-electron chi connectivity index (χ3n) is 4.80. The van der Waals surface area contributed by atoms with Gasteiger partial charge >= 0.3 is 0 Å². The quantitative estimate of drug-likeness (QED) is 0.641. The third kappa shape index (κ3) is 4.16. The number of hydrogen-bond acceptors (Lipinski definition) is 6. The van der Waals surface area contributed by atoms with Crippen molar-refractivity contribution >= 4 is 23.1 Å². The molecule has 1 N–H and O–H groups in total. The normalized spacial score (nSPS) is 13.8. The van der Waals surface area contributed by atoms with Gasteiger partial charge in [-0.15, -0.1) is 0 Å². The number of anilines is 1. The maximum Gasteiger partial charge on any atom is 0.282 e. The van der Waals surface area contributed by atoms with Crippen molar-refractivity contribution in [1.29, 1.82) is 0 Å². The van der Waals surface area contributed by atoms with E-state index in [1.807, 2.05) is 6.92 Å². The molecule has 1 aliphatic heterocycles. The van der Waals surface area contributed by atoms with Crippen molar-refractivity contribution in [2.45, 2.75) is 13.3 Å². The Labute approximate surface area is 176 Å². The van der Waals surface area contributed by atoms with Crippen molar-refractivity contribution in [1.82, 2.24) is 4.90 Å². The zero-order valence-corrected chi connectivity index (χ0v) is 17.4. The zero-order chi connectivity index (χ0) is 21.7. The van der Waals surface area contributed by atoms with Crippen LogP contribution in [0.3, 0.4) is 0 Å². The molecule has 0 saturated carbocycles. The summed E-state index contributed by atoms with van der Waals surface area (Å²) in [6.07, 6.45) is 0.894. The van der Waals surface area contributed by atoms with Gasteiger partial charge in [0.2, 0.25) is 0 Å². The average Bonchev–Trinajstić information content (AvgIpc) is 3.03. The molecule has 0 radical (unpaired) electrons. The lowest BCUT2D eigenvalue weighted by Crippen LogP contribution is -2.34. The molecule has 0 aromatic heterocycles. The number of ether oxygens (including phenoxy) is 2. The van der Waals surface area contributed by atoms with Gasteiger partial charge in [0.1, 0.15) is 17.2 Å². The molecule has 0 fully saturated rings. The number of likely N-dealkylation sites (N-methyl/N-ethyl adjacent to an activating group) is 1. The van der Waals surface area contributed by atoms with E-state index in [2.05, 4.69) is 0 Å². The van der Waals surface area contributed by atoms with E-state index in [4.69, 9.17) is 9.47 Å². The van der Waals surface area contributed by atoms with Gasteiger partial charge in [0, 0.05) is 19.7 Å². The highest BCUT2D eigenvalue weighted by atomic mass is 16.5. The number of imide groups is 1. The van der Waals surface area contributed by atoms with E-state index in [9.17, 15) is 14.7 Å². The Morgan fingerprint density at radius 3 is 2.40 bits per heavy atom. The molecular formula is C23H26N2O5. The summed E-state index contributed by atoms with van der Waals surface area (Å²) < 4.78 is 10.8. The summed E-state index contributed by atoms with van der Waals surface area (Å²) in [6, 6.07) is 13.9. The van der Waals surface area contributed by atoms with Crippen molar-refractivity contribution in [3.05, 3.63) is 59.8 Å². The molecule has 30 heavy (non-hydrogen) atoms. The molecule has 7 nitrogen and oxygen atoms in total. The fraction of sp³-hybridized carbons (Fsp3) is 0.304. The molecule has 3 rings (SSSR count). The zero-order valence-electron chi connectivity index (χ0n) is 17.4. The van der Waals surface area contributed by atoms with Crippen LogP contribution in [-0.4, -0.2) is 55.7 Å². The summed E-state index contributed by atoms with van der Waals surface area (Å²) in [4.78, 5) is 29.4. The molecule has 0 spiro atoms. The molecule has 158 valence electrons. The summed E-state index contributed by atoms with van der Waals surface area (Å²) in [6.45, 7) is 2.71. The van der Waals surface area contributed by atoms with Crippen LogP contribution in [0.1, 0.15) is 18.9 Å². The van der Waals surface area contributed by atoms with Gasteiger partial charge in [-0.3, -0.25) is 9.59 Å². The molecule has 7 heteroatoms. The van der Waals surface area contributed by atoms with Crippen LogP contribution >= 0.6 is 0 Å². The highest BCUT2D eigenvalue weighted by Crippen LogP contribution is 2.35. The van der Waals surface area contributed by atoms with E-state index in [1.165, 1.54) is 7.11 Å². The average molecular weight is 410 g/mol. The van der Waals surface area contributed by atoms with Crippen molar-refractivity contribution in [2.75, 3.05) is 38.8 Å². The second-order valence-electron chi connectivity index (χ2n) is 6.89. The first-order valence-electron chi connectivity index (χ1n) is 9.84. The molecule has 1 heterocycles. The molecule has 2 amide bonds. The van der Waals surface area contributed by atoms with Crippen LogP contribution in [0.4, 0.5) is 5.69 Å². The number of amides is 2. The van der Waals surface area contributed by atoms with Crippen LogP contribution < -0.4 is 14.4 Å². The molecule has 0 saturated heterocycles. The Morgan fingerprint density at radius 2 is 1.77 bits per heavy atom. The number of rotatable bonds is 9. The van der Waals surface area contributed by atoms with Gasteiger partial charge in [-0.2, -0.15) is 0 Å². The summed E-state index contributed by atoms with van der Waals surface area (Å²) >= 11 is 0. The number of aliphatic hydroxyl groups excluding tert-OH is 1. The van der Waals surface area contributed by atoms with E-state index in [0.717, 1.165) is 11.3 Å². The fourth-order valence-electron chi connectivity index (χ4n) is 3.32. The van der Waals surface area contributed by atoms with Gasteiger partial charge in [0.15, 0.2) is 0 Å². The third-order valence-corrected chi connectivity index (χ3v) is 4.80. The van der Waals surface area contributed by atoms with E-state index >= 15 is 0 Å². The van der Waals surface area contributed by atoms with Crippen LogP contribution in [-0.2, 0) is 9.59 Å². The lowest BCUT2D eigenvalue weighted by molar-refractivity contribution is -0.120. The van der Waals surface area contributed by atoms with Crippen LogP contribution in [0.5, 0.6) is 11.5 Å². The maximum atomic E-state index is 13.4. The second kappa shape index (κ2) is 9.45. The molecule has 0 aliphatic carbocycles. The van der Waals surface area contributed by atoms with Gasteiger partial charge in [-0.25, -0.2) is 4.90 Å².